The fraction of sp³-hybridized carbons (Fsp3) is 0.467. The van der Waals surface area contributed by atoms with E-state index in [-0.39, 0.29) is 0 Å². The molecule has 0 amide bonds. The topological polar surface area (TPSA) is 0 Å². The third kappa shape index (κ3) is 1.48. The first-order valence-electron chi connectivity index (χ1n) is 5.97. The minimum absolute atomic E-state index is 0.443. The Kier molecular flexibility index (Phi) is 2.13. The van der Waals surface area contributed by atoms with E-state index in [2.05, 4.69) is 48.8 Å². The highest BCUT2D eigenvalue weighted by Crippen LogP contribution is 2.44. The Morgan fingerprint density at radius 2 is 1.94 bits per heavy atom. The summed E-state index contributed by atoms with van der Waals surface area (Å²) < 4.78 is 1.39. The molecule has 2 aliphatic rings. The lowest BCUT2D eigenvalue weighted by Crippen LogP contribution is -2.09. The molecule has 1 aromatic carbocycles. The molecule has 84 valence electrons. The van der Waals surface area contributed by atoms with E-state index >= 15 is 0 Å². The van der Waals surface area contributed by atoms with Crippen molar-refractivity contribution in [2.75, 3.05) is 0 Å². The predicted octanol–water partition coefficient (Wildman–Crippen LogP) is 4.53. The molecule has 0 heterocycles. The van der Waals surface area contributed by atoms with Crippen LogP contribution in [-0.2, 0) is 19.3 Å². The van der Waals surface area contributed by atoms with E-state index in [1.165, 1.54) is 34.0 Å². The maximum absolute atomic E-state index is 3.83. The van der Waals surface area contributed by atoms with Crippen LogP contribution in [0.3, 0.4) is 0 Å². The number of hydrogen-bond acceptors (Lipinski definition) is 0. The SMILES string of the molecule is CC1=Cc2cc3c(c(Br)c2C1)CC(C)(C)C3. The van der Waals surface area contributed by atoms with E-state index in [1.54, 1.807) is 11.1 Å². The number of rotatable bonds is 0. The summed E-state index contributed by atoms with van der Waals surface area (Å²) in [5.74, 6) is 0. The molecule has 0 saturated carbocycles. The summed E-state index contributed by atoms with van der Waals surface area (Å²) in [6.07, 6.45) is 5.91. The van der Waals surface area contributed by atoms with Gasteiger partial charge in [-0.1, -0.05) is 47.5 Å². The van der Waals surface area contributed by atoms with Gasteiger partial charge in [0.2, 0.25) is 0 Å². The molecular weight excluding hydrogens is 260 g/mol. The van der Waals surface area contributed by atoms with Crippen LogP contribution in [0.4, 0.5) is 0 Å². The van der Waals surface area contributed by atoms with Crippen LogP contribution in [0.2, 0.25) is 0 Å². The Balaban J connectivity index is 2.17. The van der Waals surface area contributed by atoms with E-state index in [9.17, 15) is 0 Å². The predicted molar refractivity (Wildman–Crippen MR) is 72.7 cm³/mol. The third-order valence-electron chi connectivity index (χ3n) is 3.78. The zero-order valence-corrected chi connectivity index (χ0v) is 11.7. The van der Waals surface area contributed by atoms with E-state index in [0.29, 0.717) is 5.41 Å². The van der Waals surface area contributed by atoms with Crippen molar-refractivity contribution in [2.24, 2.45) is 5.41 Å². The van der Waals surface area contributed by atoms with Crippen LogP contribution < -0.4 is 0 Å². The Morgan fingerprint density at radius 1 is 1.19 bits per heavy atom. The molecule has 0 atom stereocenters. The smallest absolute Gasteiger partial charge is 0.0251 e. The zero-order valence-electron chi connectivity index (χ0n) is 10.2. The molecule has 0 aromatic heterocycles. The van der Waals surface area contributed by atoms with Gasteiger partial charge in [-0.05, 0) is 53.9 Å². The lowest BCUT2D eigenvalue weighted by atomic mass is 9.90. The zero-order chi connectivity index (χ0) is 11.5. The summed E-state index contributed by atoms with van der Waals surface area (Å²) in [6, 6.07) is 2.42. The summed E-state index contributed by atoms with van der Waals surface area (Å²) >= 11 is 3.83. The molecule has 1 heteroatoms. The number of fused-ring (bicyclic) bond motifs is 2. The van der Waals surface area contributed by atoms with Crippen molar-refractivity contribution in [3.05, 3.63) is 38.4 Å². The van der Waals surface area contributed by atoms with Crippen LogP contribution in [0.1, 0.15) is 43.0 Å². The maximum atomic E-state index is 3.83. The van der Waals surface area contributed by atoms with Crippen LogP contribution in [0.25, 0.3) is 6.08 Å². The molecule has 2 aliphatic carbocycles. The van der Waals surface area contributed by atoms with Gasteiger partial charge < -0.3 is 0 Å². The van der Waals surface area contributed by atoms with Gasteiger partial charge in [0, 0.05) is 4.47 Å². The second-order valence-electron chi connectivity index (χ2n) is 6.08. The molecule has 0 bridgehead atoms. The Morgan fingerprint density at radius 3 is 2.69 bits per heavy atom. The highest BCUT2D eigenvalue weighted by Gasteiger charge is 2.32. The van der Waals surface area contributed by atoms with Crippen molar-refractivity contribution in [3.63, 3.8) is 0 Å². The summed E-state index contributed by atoms with van der Waals surface area (Å²) in [6.45, 7) is 6.96. The fourth-order valence-corrected chi connectivity index (χ4v) is 3.88. The van der Waals surface area contributed by atoms with Crippen molar-refractivity contribution in [1.82, 2.24) is 0 Å². The van der Waals surface area contributed by atoms with Gasteiger partial charge in [0.25, 0.3) is 0 Å². The van der Waals surface area contributed by atoms with Crippen LogP contribution >= 0.6 is 15.9 Å². The average molecular weight is 277 g/mol. The Hall–Kier alpha value is -0.560. The first-order chi connectivity index (χ1) is 7.46. The van der Waals surface area contributed by atoms with Crippen LogP contribution in [0.15, 0.2) is 16.1 Å². The molecule has 1 aromatic rings. The van der Waals surface area contributed by atoms with Crippen LogP contribution in [0.5, 0.6) is 0 Å². The summed E-state index contributed by atoms with van der Waals surface area (Å²) in [7, 11) is 0. The lowest BCUT2D eigenvalue weighted by molar-refractivity contribution is 0.392. The second-order valence-corrected chi connectivity index (χ2v) is 6.87. The van der Waals surface area contributed by atoms with Gasteiger partial charge in [0.05, 0.1) is 0 Å². The van der Waals surface area contributed by atoms with E-state index < -0.39 is 0 Å². The second kappa shape index (κ2) is 3.22. The van der Waals surface area contributed by atoms with Crippen LogP contribution in [0, 0.1) is 5.41 Å². The Labute approximate surface area is 106 Å². The van der Waals surface area contributed by atoms with E-state index in [4.69, 9.17) is 0 Å². The molecule has 0 unspecified atom stereocenters. The molecule has 0 nitrogen and oxygen atoms in total. The number of allylic oxidation sites excluding steroid dienone is 1. The fourth-order valence-electron chi connectivity index (χ4n) is 3.12. The van der Waals surface area contributed by atoms with Crippen molar-refractivity contribution in [2.45, 2.75) is 40.0 Å². The van der Waals surface area contributed by atoms with Crippen molar-refractivity contribution < 1.29 is 0 Å². The van der Waals surface area contributed by atoms with Gasteiger partial charge in [-0.2, -0.15) is 0 Å². The molecule has 0 radical (unpaired) electrons. The highest BCUT2D eigenvalue weighted by molar-refractivity contribution is 9.10. The first kappa shape index (κ1) is 10.6. The monoisotopic (exact) mass is 276 g/mol. The summed E-state index contributed by atoms with van der Waals surface area (Å²) in [5, 5.41) is 0. The number of hydrogen-bond donors (Lipinski definition) is 0. The van der Waals surface area contributed by atoms with E-state index in [0.717, 1.165) is 6.42 Å². The van der Waals surface area contributed by atoms with Gasteiger partial charge in [0.1, 0.15) is 0 Å². The Bertz CT molecular complexity index is 507. The minimum atomic E-state index is 0.443. The van der Waals surface area contributed by atoms with Crippen molar-refractivity contribution in [3.8, 4) is 0 Å². The highest BCUT2D eigenvalue weighted by atomic mass is 79.9. The largest absolute Gasteiger partial charge is 0.0683 e. The lowest BCUT2D eigenvalue weighted by Gasteiger charge is -2.15. The van der Waals surface area contributed by atoms with Gasteiger partial charge in [-0.3, -0.25) is 0 Å². The van der Waals surface area contributed by atoms with Gasteiger partial charge in [-0.25, -0.2) is 0 Å². The number of halogens is 1. The van der Waals surface area contributed by atoms with Gasteiger partial charge in [0.15, 0.2) is 0 Å². The molecule has 16 heavy (non-hydrogen) atoms. The molecule has 0 fully saturated rings. The van der Waals surface area contributed by atoms with Gasteiger partial charge >= 0.3 is 0 Å². The first-order valence-corrected chi connectivity index (χ1v) is 6.76. The minimum Gasteiger partial charge on any atom is -0.0683 e. The number of benzene rings is 1. The molecular formula is C15H17Br. The molecule has 0 saturated heterocycles. The molecule has 3 rings (SSSR count). The standard InChI is InChI=1S/C15H17Br/c1-9-4-10-6-11-7-15(2,3)8-13(11)14(16)12(10)5-9/h4,6H,5,7-8H2,1-3H3. The van der Waals surface area contributed by atoms with Crippen molar-refractivity contribution >= 4 is 22.0 Å². The molecule has 0 N–H and O–H groups in total. The third-order valence-corrected chi connectivity index (χ3v) is 4.73. The molecule has 0 spiro atoms. The average Bonchev–Trinajstić information content (AvgIpc) is 2.65. The van der Waals surface area contributed by atoms with Gasteiger partial charge in [-0.15, -0.1) is 0 Å². The summed E-state index contributed by atoms with van der Waals surface area (Å²) in [4.78, 5) is 0. The van der Waals surface area contributed by atoms with Crippen molar-refractivity contribution in [1.29, 1.82) is 0 Å². The normalized spacial score (nSPS) is 20.6. The maximum Gasteiger partial charge on any atom is 0.0251 e. The van der Waals surface area contributed by atoms with Crippen LogP contribution in [-0.4, -0.2) is 0 Å². The molecule has 0 aliphatic heterocycles. The quantitative estimate of drug-likeness (QED) is 0.653. The summed E-state index contributed by atoms with van der Waals surface area (Å²) in [5.41, 5.74) is 8.00. The van der Waals surface area contributed by atoms with E-state index in [1.807, 2.05) is 0 Å².